The summed E-state index contributed by atoms with van der Waals surface area (Å²) in [6.07, 6.45) is -0.311. The van der Waals surface area contributed by atoms with Crippen molar-refractivity contribution in [3.63, 3.8) is 0 Å². The van der Waals surface area contributed by atoms with Gasteiger partial charge in [-0.2, -0.15) is 0 Å². The highest BCUT2D eigenvalue weighted by Crippen LogP contribution is 2.43. The third kappa shape index (κ3) is 3.98. The van der Waals surface area contributed by atoms with Crippen LogP contribution in [0.4, 0.5) is 5.69 Å². The molecule has 0 radical (unpaired) electrons. The quantitative estimate of drug-likeness (QED) is 0.388. The monoisotopic (exact) mass is 464 g/mol. The van der Waals surface area contributed by atoms with E-state index in [1.807, 2.05) is 69.3 Å². The molecule has 1 N–H and O–H groups in total. The molecule has 0 saturated heterocycles. The van der Waals surface area contributed by atoms with Crippen molar-refractivity contribution < 1.29 is 14.7 Å². The number of fused-ring (bicyclic) bond motifs is 1. The Morgan fingerprint density at radius 2 is 1.46 bits per heavy atom. The molecule has 0 unspecified atom stereocenters. The molecule has 5 nitrogen and oxygen atoms in total. The molecule has 0 spiro atoms. The van der Waals surface area contributed by atoms with Gasteiger partial charge in [0.05, 0.1) is 18.7 Å². The van der Waals surface area contributed by atoms with Crippen molar-refractivity contribution in [1.29, 1.82) is 0 Å². The van der Waals surface area contributed by atoms with Crippen molar-refractivity contribution in [2.75, 3.05) is 4.90 Å². The number of carbonyl (C=O) groups is 2. The number of rotatable bonds is 6. The van der Waals surface area contributed by atoms with Crippen LogP contribution < -0.4 is 4.90 Å². The lowest BCUT2D eigenvalue weighted by Crippen LogP contribution is -2.41. The van der Waals surface area contributed by atoms with Crippen molar-refractivity contribution in [3.05, 3.63) is 119 Å². The summed E-state index contributed by atoms with van der Waals surface area (Å²) in [4.78, 5) is 28.4. The van der Waals surface area contributed by atoms with Gasteiger partial charge in [0.15, 0.2) is 11.4 Å². The van der Waals surface area contributed by atoms with Gasteiger partial charge in [-0.05, 0) is 68.8 Å². The number of ketones is 1. The number of Topliss-reactive ketones (excluding diaryl/α,β-unsaturated/α-hetero) is 1. The highest BCUT2D eigenvalue weighted by molar-refractivity contribution is 6.10. The summed E-state index contributed by atoms with van der Waals surface area (Å²) >= 11 is 0. The minimum absolute atomic E-state index is 0.277. The zero-order valence-electron chi connectivity index (χ0n) is 20.2. The Morgan fingerprint density at radius 1 is 0.829 bits per heavy atom. The van der Waals surface area contributed by atoms with E-state index in [4.69, 9.17) is 0 Å². The van der Waals surface area contributed by atoms with Crippen molar-refractivity contribution in [2.24, 2.45) is 0 Å². The fourth-order valence-electron chi connectivity index (χ4n) is 4.92. The van der Waals surface area contributed by atoms with E-state index < -0.39 is 11.5 Å². The van der Waals surface area contributed by atoms with Gasteiger partial charge in [-0.3, -0.25) is 9.59 Å². The van der Waals surface area contributed by atoms with Gasteiger partial charge in [-0.1, -0.05) is 48.0 Å². The van der Waals surface area contributed by atoms with E-state index in [1.165, 1.54) is 0 Å². The third-order valence-electron chi connectivity index (χ3n) is 6.84. The molecule has 1 aliphatic rings. The molecule has 3 aromatic carbocycles. The normalized spacial score (nSPS) is 17.0. The van der Waals surface area contributed by atoms with Crippen LogP contribution >= 0.6 is 0 Å². The second-order valence-corrected chi connectivity index (χ2v) is 9.35. The highest BCUT2D eigenvalue weighted by atomic mass is 16.3. The minimum atomic E-state index is -1.90. The van der Waals surface area contributed by atoms with Crippen molar-refractivity contribution >= 4 is 17.4 Å². The summed E-state index contributed by atoms with van der Waals surface area (Å²) in [7, 11) is 0. The molecule has 0 fully saturated rings. The standard InChI is InChI=1S/C30H28N2O3/c1-20-8-12-23(13-9-20)19-31-27-7-5-4-6-26(27)30(35,29(31)34)18-28(33)24-14-16-25(17-15-24)32-21(2)10-11-22(32)3/h4-17,35H,18-19H2,1-3H3/t30-/m1/s1. The van der Waals surface area contributed by atoms with Gasteiger partial charge in [0, 0.05) is 28.2 Å². The Balaban J connectivity index is 1.41. The summed E-state index contributed by atoms with van der Waals surface area (Å²) in [6.45, 7) is 6.41. The first-order valence-electron chi connectivity index (χ1n) is 11.8. The van der Waals surface area contributed by atoms with E-state index >= 15 is 0 Å². The highest BCUT2D eigenvalue weighted by Gasteiger charge is 2.50. The fourth-order valence-corrected chi connectivity index (χ4v) is 4.92. The van der Waals surface area contributed by atoms with Crippen LogP contribution in [0.25, 0.3) is 5.69 Å². The van der Waals surface area contributed by atoms with Crippen LogP contribution in [0.1, 0.15) is 44.9 Å². The van der Waals surface area contributed by atoms with Gasteiger partial charge in [-0.15, -0.1) is 0 Å². The molecule has 35 heavy (non-hydrogen) atoms. The lowest BCUT2D eigenvalue weighted by Gasteiger charge is -2.23. The van der Waals surface area contributed by atoms with Crippen molar-refractivity contribution in [2.45, 2.75) is 39.3 Å². The van der Waals surface area contributed by atoms with Gasteiger partial charge in [0.25, 0.3) is 5.91 Å². The number of amides is 1. The minimum Gasteiger partial charge on any atom is -0.375 e. The van der Waals surface area contributed by atoms with Gasteiger partial charge in [0.2, 0.25) is 0 Å². The molecule has 0 saturated carbocycles. The second kappa shape index (κ2) is 8.67. The number of anilines is 1. The number of nitrogens with zero attached hydrogens (tertiary/aromatic N) is 2. The Hall–Kier alpha value is -3.96. The van der Waals surface area contributed by atoms with E-state index in [-0.39, 0.29) is 12.2 Å². The predicted molar refractivity (Wildman–Crippen MR) is 137 cm³/mol. The van der Waals surface area contributed by atoms with Crippen molar-refractivity contribution in [3.8, 4) is 5.69 Å². The van der Waals surface area contributed by atoms with Gasteiger partial charge >= 0.3 is 0 Å². The maximum atomic E-state index is 13.5. The Labute approximate surface area is 205 Å². The lowest BCUT2D eigenvalue weighted by molar-refractivity contribution is -0.136. The Bertz CT molecular complexity index is 1400. The number of aromatic nitrogens is 1. The van der Waals surface area contributed by atoms with E-state index in [0.717, 1.165) is 28.2 Å². The number of hydrogen-bond acceptors (Lipinski definition) is 3. The Morgan fingerprint density at radius 3 is 2.11 bits per heavy atom. The number of aryl methyl sites for hydroxylation is 3. The SMILES string of the molecule is Cc1ccc(CN2C(=O)[C@@](O)(CC(=O)c3ccc(-n4c(C)ccc4C)cc3)c3ccccc32)cc1. The molecule has 1 aromatic heterocycles. The predicted octanol–water partition coefficient (Wildman–Crippen LogP) is 5.41. The summed E-state index contributed by atoms with van der Waals surface area (Å²) in [5, 5.41) is 11.6. The maximum absolute atomic E-state index is 13.5. The molecule has 0 bridgehead atoms. The number of hydrogen-bond donors (Lipinski definition) is 1. The number of aliphatic hydroxyl groups is 1. The van der Waals surface area contributed by atoms with Crippen LogP contribution in [0.5, 0.6) is 0 Å². The number of benzene rings is 3. The second-order valence-electron chi connectivity index (χ2n) is 9.35. The molecule has 5 rings (SSSR count). The maximum Gasteiger partial charge on any atom is 0.264 e. The zero-order valence-corrected chi connectivity index (χ0v) is 20.2. The van der Waals surface area contributed by atoms with Gasteiger partial charge in [-0.25, -0.2) is 0 Å². The molecule has 4 aromatic rings. The molecule has 176 valence electrons. The average molecular weight is 465 g/mol. The first-order chi connectivity index (χ1) is 16.8. The van der Waals surface area contributed by atoms with E-state index in [1.54, 1.807) is 29.2 Å². The van der Waals surface area contributed by atoms with E-state index in [9.17, 15) is 14.7 Å². The van der Waals surface area contributed by atoms with Crippen LogP contribution in [-0.2, 0) is 16.9 Å². The first kappa shape index (κ1) is 22.8. The summed E-state index contributed by atoms with van der Waals surface area (Å²) in [5.41, 5.74) is 4.96. The van der Waals surface area contributed by atoms with Crippen LogP contribution in [-0.4, -0.2) is 21.4 Å². The van der Waals surface area contributed by atoms with Crippen LogP contribution in [0.2, 0.25) is 0 Å². The Kier molecular flexibility index (Phi) is 5.65. The van der Waals surface area contributed by atoms with Crippen LogP contribution in [0.15, 0.2) is 84.9 Å². The lowest BCUT2D eigenvalue weighted by atomic mass is 9.88. The first-order valence-corrected chi connectivity index (χ1v) is 11.8. The van der Waals surface area contributed by atoms with E-state index in [2.05, 4.69) is 16.7 Å². The molecular weight excluding hydrogens is 436 g/mol. The average Bonchev–Trinajstić information content (AvgIpc) is 3.30. The number of carbonyl (C=O) groups excluding carboxylic acids is 2. The molecule has 1 amide bonds. The molecule has 1 atom stereocenters. The topological polar surface area (TPSA) is 62.5 Å². The molecule has 1 aliphatic heterocycles. The van der Waals surface area contributed by atoms with Gasteiger partial charge in [0.1, 0.15) is 0 Å². The van der Waals surface area contributed by atoms with Crippen LogP contribution in [0.3, 0.4) is 0 Å². The van der Waals surface area contributed by atoms with Crippen LogP contribution in [0, 0.1) is 20.8 Å². The van der Waals surface area contributed by atoms with Crippen molar-refractivity contribution in [1.82, 2.24) is 4.57 Å². The largest absolute Gasteiger partial charge is 0.375 e. The summed E-state index contributed by atoms with van der Waals surface area (Å²) in [5.74, 6) is -0.747. The smallest absolute Gasteiger partial charge is 0.264 e. The molecule has 0 aliphatic carbocycles. The zero-order chi connectivity index (χ0) is 24.7. The van der Waals surface area contributed by atoms with E-state index in [0.29, 0.717) is 23.4 Å². The van der Waals surface area contributed by atoms with Gasteiger partial charge < -0.3 is 14.6 Å². The fraction of sp³-hybridized carbons (Fsp3) is 0.200. The molecular formula is C30H28N2O3. The molecule has 5 heteroatoms. The summed E-state index contributed by atoms with van der Waals surface area (Å²) < 4.78 is 2.11. The molecule has 2 heterocycles. The third-order valence-corrected chi connectivity index (χ3v) is 6.84. The number of para-hydroxylation sites is 1. The summed E-state index contributed by atoms with van der Waals surface area (Å²) in [6, 6.07) is 26.5.